The monoisotopic (exact) mass is 362 g/mol. The molecule has 1 heterocycles. The van der Waals surface area contributed by atoms with Gasteiger partial charge in [-0.3, -0.25) is 4.98 Å². The fourth-order valence-corrected chi connectivity index (χ4v) is 3.31. The molecule has 0 radical (unpaired) electrons. The number of allylic oxidation sites excluding steroid dienone is 2. The zero-order valence-electron chi connectivity index (χ0n) is 17.8. The van der Waals surface area contributed by atoms with Gasteiger partial charge in [0.1, 0.15) is 0 Å². The third-order valence-electron chi connectivity index (χ3n) is 4.99. The molecule has 144 valence electrons. The first-order valence-corrected chi connectivity index (χ1v) is 9.92. The molecule has 0 aliphatic rings. The van der Waals surface area contributed by atoms with E-state index in [1.54, 1.807) is 6.20 Å². The minimum Gasteiger partial charge on any atom is -0.381 e. The van der Waals surface area contributed by atoms with E-state index in [4.69, 9.17) is 0 Å². The maximum Gasteiger partial charge on any atom is 0.0416 e. The van der Waals surface area contributed by atoms with Crippen molar-refractivity contribution in [2.24, 2.45) is 11.8 Å². The summed E-state index contributed by atoms with van der Waals surface area (Å²) in [6, 6.07) is 10.9. The highest BCUT2D eigenvalue weighted by molar-refractivity contribution is 5.82. The molecule has 2 aromatic rings. The second-order valence-corrected chi connectivity index (χ2v) is 8.15. The van der Waals surface area contributed by atoms with Crippen LogP contribution in [0.25, 0.3) is 5.57 Å². The Morgan fingerprint density at radius 3 is 2.41 bits per heavy atom. The maximum absolute atomic E-state index is 4.37. The van der Waals surface area contributed by atoms with Crippen LogP contribution in [0.2, 0.25) is 0 Å². The van der Waals surface area contributed by atoms with E-state index in [2.05, 4.69) is 82.7 Å². The number of pyridine rings is 1. The van der Waals surface area contributed by atoms with Gasteiger partial charge in [0.25, 0.3) is 0 Å². The number of aromatic nitrogens is 1. The number of hydrogen-bond acceptors (Lipinski definition) is 2. The Balaban J connectivity index is 2.32. The molecule has 0 bridgehead atoms. The van der Waals surface area contributed by atoms with Crippen LogP contribution in [-0.4, -0.2) is 4.98 Å². The third-order valence-corrected chi connectivity index (χ3v) is 4.99. The van der Waals surface area contributed by atoms with Gasteiger partial charge in [-0.15, -0.1) is 0 Å². The fraction of sp³-hybridized carbons (Fsp3) is 0.400. The fourth-order valence-electron chi connectivity index (χ4n) is 3.31. The van der Waals surface area contributed by atoms with Crippen LogP contribution in [-0.2, 0) is 13.0 Å². The standard InChI is InChI=1S/C25H34N2/c1-17(2)13-22-10-11-24(19(5)14-22)25(20(6)18(3)4)21(7)27-16-23-9-8-12-26-15-23/h8-12,14-15,17-18,27H,7,13,16H2,1-6H3/b25-20+. The van der Waals surface area contributed by atoms with Crippen LogP contribution in [0, 0.1) is 18.8 Å². The van der Waals surface area contributed by atoms with Crippen molar-refractivity contribution in [3.05, 3.63) is 82.8 Å². The topological polar surface area (TPSA) is 24.9 Å². The van der Waals surface area contributed by atoms with E-state index in [0.717, 1.165) is 24.2 Å². The molecule has 0 amide bonds. The van der Waals surface area contributed by atoms with Crippen molar-refractivity contribution in [2.75, 3.05) is 0 Å². The van der Waals surface area contributed by atoms with Crippen molar-refractivity contribution in [2.45, 2.75) is 54.5 Å². The molecule has 1 aromatic carbocycles. The van der Waals surface area contributed by atoms with Crippen LogP contribution >= 0.6 is 0 Å². The molecule has 0 saturated carbocycles. The quantitative estimate of drug-likeness (QED) is 0.556. The molecule has 0 atom stereocenters. The number of nitrogens with one attached hydrogen (secondary N) is 1. The second-order valence-electron chi connectivity index (χ2n) is 8.15. The maximum atomic E-state index is 4.37. The van der Waals surface area contributed by atoms with Crippen LogP contribution < -0.4 is 5.32 Å². The highest BCUT2D eigenvalue weighted by atomic mass is 14.9. The van der Waals surface area contributed by atoms with E-state index in [9.17, 15) is 0 Å². The van der Waals surface area contributed by atoms with Crippen LogP contribution in [0.5, 0.6) is 0 Å². The molecule has 0 aliphatic heterocycles. The summed E-state index contributed by atoms with van der Waals surface area (Å²) in [6.07, 6.45) is 4.81. The Morgan fingerprint density at radius 2 is 1.85 bits per heavy atom. The highest BCUT2D eigenvalue weighted by Crippen LogP contribution is 2.31. The lowest BCUT2D eigenvalue weighted by atomic mass is 9.88. The van der Waals surface area contributed by atoms with Gasteiger partial charge in [-0.25, -0.2) is 0 Å². The minimum atomic E-state index is 0.465. The van der Waals surface area contributed by atoms with Gasteiger partial charge in [0, 0.05) is 30.2 Å². The summed E-state index contributed by atoms with van der Waals surface area (Å²) >= 11 is 0. The lowest BCUT2D eigenvalue weighted by Crippen LogP contribution is -2.15. The lowest BCUT2D eigenvalue weighted by Gasteiger charge is -2.21. The van der Waals surface area contributed by atoms with Crippen LogP contribution in [0.15, 0.2) is 60.6 Å². The Labute approximate surface area is 165 Å². The number of aryl methyl sites for hydroxylation is 1. The Kier molecular flexibility index (Phi) is 7.41. The zero-order valence-corrected chi connectivity index (χ0v) is 17.8. The predicted octanol–water partition coefficient (Wildman–Crippen LogP) is 6.32. The van der Waals surface area contributed by atoms with Crippen molar-refractivity contribution in [3.63, 3.8) is 0 Å². The number of hydrogen-bond donors (Lipinski definition) is 1. The zero-order chi connectivity index (χ0) is 20.0. The predicted molar refractivity (Wildman–Crippen MR) is 117 cm³/mol. The molecule has 0 aliphatic carbocycles. The minimum absolute atomic E-state index is 0.465. The van der Waals surface area contributed by atoms with E-state index in [1.165, 1.54) is 27.8 Å². The van der Waals surface area contributed by atoms with Crippen molar-refractivity contribution >= 4 is 5.57 Å². The first-order valence-electron chi connectivity index (χ1n) is 9.92. The summed E-state index contributed by atoms with van der Waals surface area (Å²) in [6.45, 7) is 18.5. The summed E-state index contributed by atoms with van der Waals surface area (Å²) in [5.74, 6) is 1.13. The summed E-state index contributed by atoms with van der Waals surface area (Å²) in [5.41, 5.74) is 8.72. The van der Waals surface area contributed by atoms with E-state index < -0.39 is 0 Å². The molecule has 0 fully saturated rings. The average Bonchev–Trinajstić information content (AvgIpc) is 2.62. The molecule has 2 rings (SSSR count). The van der Waals surface area contributed by atoms with Crippen molar-refractivity contribution < 1.29 is 0 Å². The van der Waals surface area contributed by atoms with E-state index in [1.807, 2.05) is 12.3 Å². The lowest BCUT2D eigenvalue weighted by molar-refractivity contribution is 0.647. The van der Waals surface area contributed by atoms with Crippen LogP contribution in [0.4, 0.5) is 0 Å². The van der Waals surface area contributed by atoms with Gasteiger partial charge in [0.2, 0.25) is 0 Å². The largest absolute Gasteiger partial charge is 0.381 e. The highest BCUT2D eigenvalue weighted by Gasteiger charge is 2.15. The first kappa shape index (κ1) is 21.0. The number of rotatable bonds is 8. The summed E-state index contributed by atoms with van der Waals surface area (Å²) in [7, 11) is 0. The van der Waals surface area contributed by atoms with Gasteiger partial charge >= 0.3 is 0 Å². The van der Waals surface area contributed by atoms with Gasteiger partial charge in [-0.2, -0.15) is 0 Å². The van der Waals surface area contributed by atoms with Gasteiger partial charge < -0.3 is 5.32 Å². The smallest absolute Gasteiger partial charge is 0.0416 e. The molecular weight excluding hydrogens is 328 g/mol. The van der Waals surface area contributed by atoms with Crippen molar-refractivity contribution in [3.8, 4) is 0 Å². The third kappa shape index (κ3) is 5.82. The summed E-state index contributed by atoms with van der Waals surface area (Å²) in [4.78, 5) is 4.19. The molecule has 0 saturated heterocycles. The van der Waals surface area contributed by atoms with Gasteiger partial charge in [0.15, 0.2) is 0 Å². The molecule has 0 unspecified atom stereocenters. The number of nitrogens with zero attached hydrogens (tertiary/aromatic N) is 1. The van der Waals surface area contributed by atoms with Crippen LogP contribution in [0.3, 0.4) is 0 Å². The molecule has 0 spiro atoms. The van der Waals surface area contributed by atoms with Gasteiger partial charge in [-0.05, 0) is 60.4 Å². The Bertz CT molecular complexity index is 798. The van der Waals surface area contributed by atoms with Gasteiger partial charge in [0.05, 0.1) is 0 Å². The van der Waals surface area contributed by atoms with E-state index >= 15 is 0 Å². The molecule has 27 heavy (non-hydrogen) atoms. The van der Waals surface area contributed by atoms with E-state index in [-0.39, 0.29) is 0 Å². The van der Waals surface area contributed by atoms with Crippen molar-refractivity contribution in [1.29, 1.82) is 0 Å². The van der Waals surface area contributed by atoms with E-state index in [0.29, 0.717) is 11.8 Å². The molecular formula is C25H34N2. The van der Waals surface area contributed by atoms with Gasteiger partial charge in [-0.1, -0.05) is 64.1 Å². The molecule has 1 aromatic heterocycles. The Morgan fingerprint density at radius 1 is 1.11 bits per heavy atom. The SMILES string of the molecule is C=C(NCc1cccnc1)/C(=C(/C)C(C)C)c1ccc(CC(C)C)cc1C. The average molecular weight is 363 g/mol. The molecule has 2 nitrogen and oxygen atoms in total. The molecule has 1 N–H and O–H groups in total. The van der Waals surface area contributed by atoms with Crippen molar-refractivity contribution in [1.82, 2.24) is 10.3 Å². The normalized spacial score (nSPS) is 12.3. The van der Waals surface area contributed by atoms with Crippen LogP contribution in [0.1, 0.15) is 56.9 Å². The first-order chi connectivity index (χ1) is 12.8. The Hall–Kier alpha value is -2.35. The summed E-state index contributed by atoms with van der Waals surface area (Å²) < 4.78 is 0. The number of benzene rings is 1. The summed E-state index contributed by atoms with van der Waals surface area (Å²) in [5, 5.41) is 3.51. The molecule has 2 heteroatoms. The second kappa shape index (κ2) is 9.55.